The van der Waals surface area contributed by atoms with Crippen molar-refractivity contribution in [1.82, 2.24) is 0 Å². The first-order valence-electron chi connectivity index (χ1n) is 5.19. The Balaban J connectivity index is 2.71. The van der Waals surface area contributed by atoms with E-state index >= 15 is 0 Å². The largest absolute Gasteiger partial charge is 0.466 e. The van der Waals surface area contributed by atoms with Crippen LogP contribution in [0.4, 0.5) is 0 Å². The van der Waals surface area contributed by atoms with Crippen LogP contribution in [0.3, 0.4) is 0 Å². The molecule has 15 heavy (non-hydrogen) atoms. The molecule has 0 amide bonds. The van der Waals surface area contributed by atoms with Gasteiger partial charge in [-0.15, -0.1) is 6.58 Å². The minimum atomic E-state index is -0.861. The molecule has 1 heterocycles. The van der Waals surface area contributed by atoms with Crippen molar-refractivity contribution in [3.05, 3.63) is 12.7 Å². The Morgan fingerprint density at radius 3 is 2.67 bits per heavy atom. The summed E-state index contributed by atoms with van der Waals surface area (Å²) in [6.07, 6.45) is 2.17. The van der Waals surface area contributed by atoms with Crippen LogP contribution in [0.1, 0.15) is 20.3 Å². The topological polar surface area (TPSA) is 44.8 Å². The van der Waals surface area contributed by atoms with Gasteiger partial charge in [-0.05, 0) is 20.3 Å². The van der Waals surface area contributed by atoms with Crippen molar-refractivity contribution in [3.63, 3.8) is 0 Å². The van der Waals surface area contributed by atoms with Gasteiger partial charge in [0, 0.05) is 0 Å². The highest BCUT2D eigenvalue weighted by Gasteiger charge is 2.44. The van der Waals surface area contributed by atoms with Crippen LogP contribution >= 0.6 is 0 Å². The summed E-state index contributed by atoms with van der Waals surface area (Å²) in [6, 6.07) is 0. The SMILES string of the molecule is C=CCC(C(=O)OCC)C1(C)OCCO1. The summed E-state index contributed by atoms with van der Waals surface area (Å²) < 4.78 is 15.9. The summed E-state index contributed by atoms with van der Waals surface area (Å²) in [7, 11) is 0. The highest BCUT2D eigenvalue weighted by atomic mass is 16.7. The number of hydrogen-bond donors (Lipinski definition) is 0. The third-order valence-electron chi connectivity index (χ3n) is 2.47. The highest BCUT2D eigenvalue weighted by molar-refractivity contribution is 5.73. The van der Waals surface area contributed by atoms with E-state index in [2.05, 4.69) is 6.58 Å². The number of allylic oxidation sites excluding steroid dienone is 1. The second-order valence-corrected chi connectivity index (χ2v) is 3.54. The molecule has 4 heteroatoms. The molecule has 1 fully saturated rings. The van der Waals surface area contributed by atoms with Gasteiger partial charge in [0.2, 0.25) is 0 Å². The predicted molar refractivity (Wildman–Crippen MR) is 55.2 cm³/mol. The van der Waals surface area contributed by atoms with Crippen molar-refractivity contribution in [2.24, 2.45) is 5.92 Å². The van der Waals surface area contributed by atoms with Crippen LogP contribution in [0, 0.1) is 5.92 Å². The zero-order valence-electron chi connectivity index (χ0n) is 9.32. The summed E-state index contributed by atoms with van der Waals surface area (Å²) in [5, 5.41) is 0. The van der Waals surface area contributed by atoms with Gasteiger partial charge in [0.1, 0.15) is 5.92 Å². The van der Waals surface area contributed by atoms with Gasteiger partial charge in [0.05, 0.1) is 19.8 Å². The Hall–Kier alpha value is -0.870. The summed E-state index contributed by atoms with van der Waals surface area (Å²) >= 11 is 0. The second kappa shape index (κ2) is 5.28. The number of rotatable bonds is 5. The van der Waals surface area contributed by atoms with E-state index in [1.165, 1.54) is 0 Å². The fourth-order valence-electron chi connectivity index (χ4n) is 1.67. The van der Waals surface area contributed by atoms with Crippen molar-refractivity contribution in [3.8, 4) is 0 Å². The van der Waals surface area contributed by atoms with Gasteiger partial charge < -0.3 is 14.2 Å². The summed E-state index contributed by atoms with van der Waals surface area (Å²) in [5.41, 5.74) is 0. The molecular formula is C11H18O4. The van der Waals surface area contributed by atoms with Crippen LogP contribution < -0.4 is 0 Å². The zero-order chi connectivity index (χ0) is 11.3. The van der Waals surface area contributed by atoms with E-state index in [4.69, 9.17) is 14.2 Å². The van der Waals surface area contributed by atoms with E-state index in [9.17, 15) is 4.79 Å². The molecular weight excluding hydrogens is 196 g/mol. The lowest BCUT2D eigenvalue weighted by Gasteiger charge is -2.29. The molecule has 0 bridgehead atoms. The molecule has 0 aromatic rings. The summed E-state index contributed by atoms with van der Waals surface area (Å²) in [6.45, 7) is 8.57. The Morgan fingerprint density at radius 1 is 1.60 bits per heavy atom. The third-order valence-corrected chi connectivity index (χ3v) is 2.47. The molecule has 0 radical (unpaired) electrons. The van der Waals surface area contributed by atoms with Gasteiger partial charge in [-0.25, -0.2) is 0 Å². The Bertz CT molecular complexity index is 231. The Labute approximate surface area is 90.2 Å². The number of ether oxygens (including phenoxy) is 3. The molecule has 1 unspecified atom stereocenters. The molecule has 1 aliphatic rings. The fraction of sp³-hybridized carbons (Fsp3) is 0.727. The Morgan fingerprint density at radius 2 is 2.20 bits per heavy atom. The smallest absolute Gasteiger partial charge is 0.314 e. The van der Waals surface area contributed by atoms with E-state index in [0.717, 1.165) is 0 Å². The molecule has 86 valence electrons. The van der Waals surface area contributed by atoms with Gasteiger partial charge in [-0.3, -0.25) is 4.79 Å². The molecule has 0 spiro atoms. The lowest BCUT2D eigenvalue weighted by molar-refractivity contribution is -0.199. The molecule has 1 rings (SSSR count). The van der Waals surface area contributed by atoms with Crippen molar-refractivity contribution < 1.29 is 19.0 Å². The van der Waals surface area contributed by atoms with Crippen molar-refractivity contribution in [2.75, 3.05) is 19.8 Å². The van der Waals surface area contributed by atoms with Crippen LogP contribution in [0.25, 0.3) is 0 Å². The molecule has 0 aromatic heterocycles. The zero-order valence-corrected chi connectivity index (χ0v) is 9.32. The number of hydrogen-bond acceptors (Lipinski definition) is 4. The first-order chi connectivity index (χ1) is 7.14. The van der Waals surface area contributed by atoms with E-state index in [1.54, 1.807) is 19.9 Å². The highest BCUT2D eigenvalue weighted by Crippen LogP contribution is 2.31. The predicted octanol–water partition coefficient (Wildman–Crippen LogP) is 1.50. The number of carbonyl (C=O) groups excluding carboxylic acids is 1. The average molecular weight is 214 g/mol. The molecule has 1 atom stereocenters. The van der Waals surface area contributed by atoms with Gasteiger partial charge in [-0.2, -0.15) is 0 Å². The normalized spacial score (nSPS) is 20.9. The van der Waals surface area contributed by atoms with E-state index in [-0.39, 0.29) is 5.97 Å². The average Bonchev–Trinajstić information content (AvgIpc) is 2.62. The van der Waals surface area contributed by atoms with Gasteiger partial charge in [0.15, 0.2) is 5.79 Å². The minimum Gasteiger partial charge on any atom is -0.466 e. The molecule has 0 aromatic carbocycles. The lowest BCUT2D eigenvalue weighted by atomic mass is 9.96. The maximum absolute atomic E-state index is 11.7. The van der Waals surface area contributed by atoms with Crippen molar-refractivity contribution >= 4 is 5.97 Å². The molecule has 0 N–H and O–H groups in total. The van der Waals surface area contributed by atoms with Crippen LogP contribution in [0.2, 0.25) is 0 Å². The van der Waals surface area contributed by atoms with Crippen LogP contribution in [-0.2, 0) is 19.0 Å². The number of esters is 1. The van der Waals surface area contributed by atoms with Gasteiger partial charge in [-0.1, -0.05) is 6.08 Å². The van der Waals surface area contributed by atoms with Crippen LogP contribution in [0.15, 0.2) is 12.7 Å². The standard InChI is InChI=1S/C11H18O4/c1-4-6-9(10(12)13-5-2)11(3)14-7-8-15-11/h4,9H,1,5-8H2,2-3H3. The van der Waals surface area contributed by atoms with Crippen LogP contribution in [0.5, 0.6) is 0 Å². The third kappa shape index (κ3) is 2.79. The first kappa shape index (κ1) is 12.2. The maximum Gasteiger partial charge on any atom is 0.314 e. The number of carbonyl (C=O) groups is 1. The van der Waals surface area contributed by atoms with E-state index in [1.807, 2.05) is 0 Å². The maximum atomic E-state index is 11.7. The van der Waals surface area contributed by atoms with Gasteiger partial charge >= 0.3 is 5.97 Å². The quantitative estimate of drug-likeness (QED) is 0.514. The van der Waals surface area contributed by atoms with Crippen LogP contribution in [-0.4, -0.2) is 31.6 Å². The van der Waals surface area contributed by atoms with E-state index < -0.39 is 11.7 Å². The van der Waals surface area contributed by atoms with Crippen molar-refractivity contribution in [1.29, 1.82) is 0 Å². The Kier molecular flexibility index (Phi) is 4.29. The molecule has 1 saturated heterocycles. The van der Waals surface area contributed by atoms with Crippen molar-refractivity contribution in [2.45, 2.75) is 26.1 Å². The monoisotopic (exact) mass is 214 g/mol. The second-order valence-electron chi connectivity index (χ2n) is 3.54. The molecule has 0 saturated carbocycles. The van der Waals surface area contributed by atoms with Gasteiger partial charge in [0.25, 0.3) is 0 Å². The minimum absolute atomic E-state index is 0.290. The molecule has 1 aliphatic heterocycles. The fourth-order valence-corrected chi connectivity index (χ4v) is 1.67. The molecule has 4 nitrogen and oxygen atoms in total. The lowest BCUT2D eigenvalue weighted by Crippen LogP contribution is -2.41. The molecule has 0 aliphatic carbocycles. The summed E-state index contributed by atoms with van der Waals surface area (Å²) in [5.74, 6) is -1.58. The summed E-state index contributed by atoms with van der Waals surface area (Å²) in [4.78, 5) is 11.7. The van der Waals surface area contributed by atoms with E-state index in [0.29, 0.717) is 26.2 Å². The first-order valence-corrected chi connectivity index (χ1v) is 5.19.